The summed E-state index contributed by atoms with van der Waals surface area (Å²) < 4.78 is 74.6. The number of anilines is 1. The fraction of sp³-hybridized carbons (Fsp3) is 0.762. The molecule has 1 heterocycles. The quantitative estimate of drug-likeness (QED) is 0.381. The van der Waals surface area contributed by atoms with E-state index in [1.54, 1.807) is 0 Å². The topological polar surface area (TPSA) is 68.9 Å². The molecule has 2 N–H and O–H groups in total. The molecule has 0 bridgehead atoms. The van der Waals surface area contributed by atoms with Gasteiger partial charge in [-0.2, -0.15) is 26.3 Å². The fourth-order valence-corrected chi connectivity index (χ4v) is 3.37. The first kappa shape index (κ1) is 29.1. The molecule has 2 unspecified atom stereocenters. The number of nitrogens with zero attached hydrogens (tertiary/aromatic N) is 2. The molecule has 0 saturated heterocycles. The summed E-state index contributed by atoms with van der Waals surface area (Å²) >= 11 is 0. The molecule has 4 nitrogen and oxygen atoms in total. The van der Waals surface area contributed by atoms with Crippen molar-refractivity contribution < 1.29 is 31.1 Å². The average molecular weight is 458 g/mol. The van der Waals surface area contributed by atoms with E-state index in [1.165, 1.54) is 0 Å². The van der Waals surface area contributed by atoms with E-state index in [0.717, 1.165) is 25.7 Å². The maximum atomic E-state index is 12.6. The van der Waals surface area contributed by atoms with Gasteiger partial charge in [-0.15, -0.1) is 0 Å². The number of hydrogen-bond acceptors (Lipinski definition) is 4. The van der Waals surface area contributed by atoms with E-state index in [9.17, 15) is 31.1 Å². The normalized spacial score (nSPS) is 18.9. The molecule has 2 atom stereocenters. The minimum absolute atomic E-state index is 0.0571. The van der Waals surface area contributed by atoms with Crippen LogP contribution in [0.1, 0.15) is 94.4 Å². The number of halogens is 6. The molecule has 0 spiro atoms. The summed E-state index contributed by atoms with van der Waals surface area (Å²) in [7, 11) is 0. The van der Waals surface area contributed by atoms with Gasteiger partial charge in [0.2, 0.25) is 5.95 Å². The highest BCUT2D eigenvalue weighted by Crippen LogP contribution is 2.40. The number of alkyl halides is 6. The molecule has 1 aliphatic carbocycles. The van der Waals surface area contributed by atoms with Crippen LogP contribution in [-0.2, 0) is 12.6 Å². The van der Waals surface area contributed by atoms with E-state index in [4.69, 9.17) is 5.73 Å². The van der Waals surface area contributed by atoms with Crippen LogP contribution in [0.25, 0.3) is 0 Å². The van der Waals surface area contributed by atoms with Crippen molar-refractivity contribution in [2.75, 3.05) is 5.73 Å². The first-order valence-corrected chi connectivity index (χ1v) is 10.7. The highest BCUT2D eigenvalue weighted by molar-refractivity contribution is 5.78. The maximum absolute atomic E-state index is 12.6. The fourth-order valence-electron chi connectivity index (χ4n) is 3.37. The van der Waals surface area contributed by atoms with Crippen molar-refractivity contribution >= 4 is 12.2 Å². The van der Waals surface area contributed by atoms with Gasteiger partial charge in [-0.05, 0) is 31.6 Å². The number of rotatable bonds is 5. The molecule has 10 heteroatoms. The van der Waals surface area contributed by atoms with Crippen LogP contribution in [0.5, 0.6) is 0 Å². The van der Waals surface area contributed by atoms with E-state index >= 15 is 0 Å². The Hall–Kier alpha value is -1.87. The third-order valence-corrected chi connectivity index (χ3v) is 5.02. The van der Waals surface area contributed by atoms with Crippen molar-refractivity contribution in [2.45, 2.75) is 91.4 Å². The lowest BCUT2D eigenvalue weighted by molar-refractivity contribution is -0.185. The van der Waals surface area contributed by atoms with E-state index in [0.29, 0.717) is 25.2 Å². The summed E-state index contributed by atoms with van der Waals surface area (Å²) in [5, 5.41) is 0. The highest BCUT2D eigenvalue weighted by Gasteiger charge is 2.41. The molecule has 0 amide bonds. The van der Waals surface area contributed by atoms with Crippen LogP contribution in [0.4, 0.5) is 32.3 Å². The van der Waals surface area contributed by atoms with E-state index in [1.807, 2.05) is 27.7 Å². The number of hydrogen-bond donors (Lipinski definition) is 1. The van der Waals surface area contributed by atoms with Crippen LogP contribution in [0, 0.1) is 11.8 Å². The lowest BCUT2D eigenvalue weighted by atomic mass is 9.80. The Morgan fingerprint density at radius 1 is 1.06 bits per heavy atom. The monoisotopic (exact) mass is 457 g/mol. The van der Waals surface area contributed by atoms with Crippen LogP contribution in [-0.4, -0.2) is 22.4 Å². The third-order valence-electron chi connectivity index (χ3n) is 5.02. The van der Waals surface area contributed by atoms with Gasteiger partial charge in [0, 0.05) is 0 Å². The number of aldehydes is 1. The van der Waals surface area contributed by atoms with Crippen molar-refractivity contribution in [1.29, 1.82) is 0 Å². The zero-order valence-corrected chi connectivity index (χ0v) is 18.5. The number of unbranched alkanes of at least 4 members (excludes halogenated alkanes) is 1. The molecule has 1 aromatic rings. The van der Waals surface area contributed by atoms with E-state index in [-0.39, 0.29) is 18.4 Å². The van der Waals surface area contributed by atoms with Crippen LogP contribution < -0.4 is 5.73 Å². The van der Waals surface area contributed by atoms with Crippen molar-refractivity contribution in [3.8, 4) is 0 Å². The second-order valence-electron chi connectivity index (χ2n) is 7.19. The summed E-state index contributed by atoms with van der Waals surface area (Å²) in [5.41, 5.74) is 3.50. The second kappa shape index (κ2) is 13.5. The lowest BCUT2D eigenvalue weighted by Gasteiger charge is -2.29. The number of aromatic nitrogens is 2. The zero-order chi connectivity index (χ0) is 24.2. The molecule has 2 rings (SSSR count). The van der Waals surface area contributed by atoms with E-state index in [2.05, 4.69) is 9.97 Å². The summed E-state index contributed by atoms with van der Waals surface area (Å²) in [4.78, 5) is 17.5. The molecule has 1 saturated carbocycles. The van der Waals surface area contributed by atoms with E-state index < -0.39 is 35.5 Å². The first-order chi connectivity index (χ1) is 14.4. The van der Waals surface area contributed by atoms with Gasteiger partial charge in [0.1, 0.15) is 0 Å². The van der Waals surface area contributed by atoms with Gasteiger partial charge in [0.15, 0.2) is 12.0 Å². The first-order valence-electron chi connectivity index (χ1n) is 10.7. The Morgan fingerprint density at radius 2 is 1.68 bits per heavy atom. The molecular weight excluding hydrogens is 424 g/mol. The number of carbonyl (C=O) groups excluding carboxylic acids is 1. The molecule has 0 aromatic carbocycles. The smallest absolute Gasteiger partial charge is 0.368 e. The predicted octanol–water partition coefficient (Wildman–Crippen LogP) is 7.02. The van der Waals surface area contributed by atoms with Crippen molar-refractivity contribution in [3.05, 3.63) is 17.0 Å². The minimum atomic E-state index is -4.70. The number of nitrogens with two attached hydrogens (primary N) is 1. The Kier molecular flexibility index (Phi) is 12.7. The minimum Gasteiger partial charge on any atom is -0.368 e. The van der Waals surface area contributed by atoms with Crippen LogP contribution in [0.15, 0.2) is 0 Å². The number of nitrogen functional groups attached to an aromatic ring is 1. The summed E-state index contributed by atoms with van der Waals surface area (Å²) in [6.07, 6.45) is -3.48. The molecule has 31 heavy (non-hydrogen) atoms. The maximum Gasteiger partial charge on any atom is 0.434 e. The Morgan fingerprint density at radius 3 is 2.13 bits per heavy atom. The largest absolute Gasteiger partial charge is 0.434 e. The zero-order valence-electron chi connectivity index (χ0n) is 18.5. The lowest BCUT2D eigenvalue weighted by Crippen LogP contribution is -2.28. The summed E-state index contributed by atoms with van der Waals surface area (Å²) in [5.74, 6) is -1.17. The van der Waals surface area contributed by atoms with Gasteiger partial charge in [0.25, 0.3) is 0 Å². The molecule has 0 radical (unpaired) electrons. The van der Waals surface area contributed by atoms with Crippen molar-refractivity contribution in [1.82, 2.24) is 9.97 Å². The van der Waals surface area contributed by atoms with Gasteiger partial charge >= 0.3 is 12.4 Å². The molecule has 1 fully saturated rings. The average Bonchev–Trinajstić information content (AvgIpc) is 2.72. The Labute approximate surface area is 180 Å². The number of aryl methyl sites for hydroxylation is 1. The Balaban J connectivity index is 0.000000564. The van der Waals surface area contributed by atoms with Gasteiger partial charge < -0.3 is 5.73 Å². The highest BCUT2D eigenvalue weighted by atomic mass is 19.4. The second-order valence-corrected chi connectivity index (χ2v) is 7.19. The SMILES string of the molecule is CC.CCC1CCCC(C(F)(F)F)C1.CCCCc1nc(N)nc(C(F)(F)F)c1C=O. The molecule has 0 aliphatic heterocycles. The van der Waals surface area contributed by atoms with Crippen LogP contribution in [0.3, 0.4) is 0 Å². The molecule has 180 valence electrons. The molecular formula is C21H33F6N3O. The summed E-state index contributed by atoms with van der Waals surface area (Å²) in [6.45, 7) is 7.86. The third kappa shape index (κ3) is 9.86. The predicted molar refractivity (Wildman–Crippen MR) is 109 cm³/mol. The van der Waals surface area contributed by atoms with Crippen LogP contribution >= 0.6 is 0 Å². The Bertz CT molecular complexity index is 662. The van der Waals surface area contributed by atoms with Gasteiger partial charge in [-0.25, -0.2) is 9.97 Å². The van der Waals surface area contributed by atoms with Gasteiger partial charge in [-0.1, -0.05) is 53.4 Å². The standard InChI is InChI=1S/C10H12F3N3O.C9H15F3.C2H6/c1-2-3-4-7-6(5-17)8(10(11,12)13)16-9(14)15-7;1-2-7-4-3-5-8(6-7)9(10,11)12;1-2/h5H,2-4H2,1H3,(H2,14,15,16);7-8H,2-6H2,1H3;1-2H3. The van der Waals surface area contributed by atoms with Crippen molar-refractivity contribution in [3.63, 3.8) is 0 Å². The summed E-state index contributed by atoms with van der Waals surface area (Å²) in [6, 6.07) is 0. The van der Waals surface area contributed by atoms with Crippen LogP contribution in [0.2, 0.25) is 0 Å². The molecule has 1 aromatic heterocycles. The van der Waals surface area contributed by atoms with Crippen molar-refractivity contribution in [2.24, 2.45) is 11.8 Å². The van der Waals surface area contributed by atoms with Gasteiger partial charge in [-0.3, -0.25) is 4.79 Å². The number of carbonyl (C=O) groups is 1. The molecule has 1 aliphatic rings. The van der Waals surface area contributed by atoms with Gasteiger partial charge in [0.05, 0.1) is 17.2 Å².